The smallest absolute Gasteiger partial charge is 0.0940 e. The number of allylic oxidation sites excluding steroid dienone is 4. The molecule has 0 spiro atoms. The second-order valence-corrected chi connectivity index (χ2v) is 12.7. The van der Waals surface area contributed by atoms with Crippen molar-refractivity contribution in [1.82, 2.24) is 10.2 Å². The molecule has 1 unspecified atom stereocenters. The highest BCUT2D eigenvalue weighted by Gasteiger charge is 2.10. The predicted molar refractivity (Wildman–Crippen MR) is 219 cm³/mol. The zero-order chi connectivity index (χ0) is 37.3. The van der Waals surface area contributed by atoms with E-state index in [1.54, 1.807) is 5.57 Å². The number of unbranched alkanes of at least 4 members (excludes halogenated alkanes) is 2. The zero-order valence-electron chi connectivity index (χ0n) is 32.8. The Hall–Kier alpha value is -3.63. The molecule has 0 aliphatic carbocycles. The minimum Gasteiger partial charge on any atom is -0.320 e. The molecule has 0 aliphatic rings. The van der Waals surface area contributed by atoms with Crippen LogP contribution < -0.4 is 5.32 Å². The lowest BCUT2D eigenvalue weighted by molar-refractivity contribution is 0.259. The molecule has 0 aliphatic heterocycles. The number of nitriles is 1. The molecule has 0 heterocycles. The van der Waals surface area contributed by atoms with E-state index in [-0.39, 0.29) is 0 Å². The van der Waals surface area contributed by atoms with Crippen LogP contribution in [0, 0.1) is 43.4 Å². The lowest BCUT2D eigenvalue weighted by Gasteiger charge is -2.24. The van der Waals surface area contributed by atoms with E-state index in [1.165, 1.54) is 66.0 Å². The molecule has 1 N–H and O–H groups in total. The summed E-state index contributed by atoms with van der Waals surface area (Å²) in [6, 6.07) is 19.9. The van der Waals surface area contributed by atoms with Gasteiger partial charge < -0.3 is 5.32 Å². The van der Waals surface area contributed by atoms with E-state index in [2.05, 4.69) is 132 Å². The Balaban J connectivity index is 0. The van der Waals surface area contributed by atoms with E-state index in [1.807, 2.05) is 27.0 Å². The van der Waals surface area contributed by atoms with Crippen LogP contribution in [-0.4, -0.2) is 25.0 Å². The minimum atomic E-state index is 0.691. The highest BCUT2D eigenvalue weighted by molar-refractivity contribution is 5.24. The van der Waals surface area contributed by atoms with Gasteiger partial charge in [-0.3, -0.25) is 4.90 Å². The second kappa shape index (κ2) is 32.9. The average Bonchev–Trinajstić information content (AvgIpc) is 3.11. The number of nitrogens with one attached hydrogen (secondary N) is 1. The first-order valence-electron chi connectivity index (χ1n) is 18.6. The van der Waals surface area contributed by atoms with Gasteiger partial charge in [-0.05, 0) is 102 Å². The summed E-state index contributed by atoms with van der Waals surface area (Å²) in [5, 5.41) is 11.4. The van der Waals surface area contributed by atoms with Crippen molar-refractivity contribution in [3.8, 4) is 18.4 Å². The summed E-state index contributed by atoms with van der Waals surface area (Å²) >= 11 is 0. The Morgan fingerprint density at radius 2 is 1.51 bits per heavy atom. The van der Waals surface area contributed by atoms with Crippen molar-refractivity contribution in [2.75, 3.05) is 20.1 Å². The standard InChI is InChI=1S/C32H47N.C8H14N2.C4H4.C2H6/c1-7-9-12-27(4)21-30(8-2)18-17-26(3)19-20-33(24-31-15-10-13-28(5)22-31)25-32-16-11-14-29(6)23-32;1-8(7-9)5-3-4-6-10-2;1-3-4-2;1-2/h8,10-11,13-16,22-23,27H,3,7,9,12,17-21,24-25H2,1-2,4-6H3;10H,1,3-6H2,2H3;1,4H,2H2;1-2H3/b30-8+;;;. The molecule has 0 fully saturated rings. The van der Waals surface area contributed by atoms with Crippen molar-refractivity contribution in [3.63, 3.8) is 0 Å². The van der Waals surface area contributed by atoms with Gasteiger partial charge in [0.05, 0.1) is 6.07 Å². The lowest BCUT2D eigenvalue weighted by atomic mass is 9.92. The van der Waals surface area contributed by atoms with E-state index in [4.69, 9.17) is 5.26 Å². The molecular formula is C46H71N3. The molecule has 49 heavy (non-hydrogen) atoms. The Morgan fingerprint density at radius 3 is 1.96 bits per heavy atom. The largest absolute Gasteiger partial charge is 0.320 e. The summed E-state index contributed by atoms with van der Waals surface area (Å²) in [5.74, 6) is 2.99. The summed E-state index contributed by atoms with van der Waals surface area (Å²) < 4.78 is 0. The van der Waals surface area contributed by atoms with Gasteiger partial charge in [0.25, 0.3) is 0 Å². The van der Waals surface area contributed by atoms with E-state index < -0.39 is 0 Å². The maximum absolute atomic E-state index is 8.33. The van der Waals surface area contributed by atoms with Crippen LogP contribution in [0.1, 0.15) is 121 Å². The summed E-state index contributed by atoms with van der Waals surface area (Å²) in [5.41, 5.74) is 9.14. The maximum Gasteiger partial charge on any atom is 0.0940 e. The molecule has 0 bridgehead atoms. The van der Waals surface area contributed by atoms with Crippen molar-refractivity contribution in [1.29, 1.82) is 5.26 Å². The van der Waals surface area contributed by atoms with Gasteiger partial charge in [0.1, 0.15) is 0 Å². The number of benzene rings is 2. The fourth-order valence-corrected chi connectivity index (χ4v) is 5.29. The summed E-state index contributed by atoms with van der Waals surface area (Å²) in [4.78, 5) is 2.58. The highest BCUT2D eigenvalue weighted by Crippen LogP contribution is 2.23. The summed E-state index contributed by atoms with van der Waals surface area (Å²) in [7, 11) is 1.93. The predicted octanol–water partition coefficient (Wildman–Crippen LogP) is 12.5. The second-order valence-electron chi connectivity index (χ2n) is 12.7. The Kier molecular flexibility index (Phi) is 31.9. The van der Waals surface area contributed by atoms with Crippen LogP contribution in [0.5, 0.6) is 0 Å². The molecule has 3 nitrogen and oxygen atoms in total. The first kappa shape index (κ1) is 47.5. The topological polar surface area (TPSA) is 39.1 Å². The van der Waals surface area contributed by atoms with Crippen molar-refractivity contribution >= 4 is 0 Å². The van der Waals surface area contributed by atoms with Crippen LogP contribution in [0.15, 0.2) is 97.1 Å². The molecule has 3 heteroatoms. The Bertz CT molecular complexity index is 1220. The maximum atomic E-state index is 8.33. The molecule has 270 valence electrons. The molecule has 2 rings (SSSR count). The van der Waals surface area contributed by atoms with Crippen molar-refractivity contribution < 1.29 is 0 Å². The number of hydrogen-bond acceptors (Lipinski definition) is 3. The lowest BCUT2D eigenvalue weighted by Crippen LogP contribution is -2.24. The van der Waals surface area contributed by atoms with Crippen LogP contribution in [0.3, 0.4) is 0 Å². The molecule has 0 aromatic heterocycles. The van der Waals surface area contributed by atoms with Crippen molar-refractivity contribution in [2.45, 2.75) is 126 Å². The molecule has 0 radical (unpaired) electrons. The third kappa shape index (κ3) is 28.0. The van der Waals surface area contributed by atoms with Crippen LogP contribution in [0.2, 0.25) is 0 Å². The SMILES string of the molecule is C#CC=C.C=C(C#N)CCCCNC.C=C(CC/C(=C\C)CC(C)CCCC)CCN(Cc1cccc(C)c1)Cc1cccc(C)c1.CC. The molecule has 0 amide bonds. The third-order valence-electron chi connectivity index (χ3n) is 8.06. The fraction of sp³-hybridized carbons (Fsp3) is 0.500. The first-order chi connectivity index (χ1) is 23.6. The van der Waals surface area contributed by atoms with Crippen LogP contribution in [-0.2, 0) is 13.1 Å². The number of nitrogens with zero attached hydrogens (tertiary/aromatic N) is 2. The number of rotatable bonds is 20. The summed E-state index contributed by atoms with van der Waals surface area (Å²) in [6.45, 7) is 30.6. The van der Waals surface area contributed by atoms with E-state index in [9.17, 15) is 0 Å². The van der Waals surface area contributed by atoms with Crippen LogP contribution in [0.25, 0.3) is 0 Å². The quantitative estimate of drug-likeness (QED) is 0.0662. The van der Waals surface area contributed by atoms with E-state index in [0.29, 0.717) is 5.57 Å². The number of terminal acetylenes is 1. The third-order valence-corrected chi connectivity index (χ3v) is 8.06. The van der Waals surface area contributed by atoms with Crippen LogP contribution >= 0.6 is 0 Å². The molecule has 0 saturated heterocycles. The van der Waals surface area contributed by atoms with E-state index in [0.717, 1.165) is 64.2 Å². The normalized spacial score (nSPS) is 10.9. The van der Waals surface area contributed by atoms with E-state index >= 15 is 0 Å². The Morgan fingerprint density at radius 1 is 0.939 bits per heavy atom. The highest BCUT2D eigenvalue weighted by atomic mass is 15.1. The molecular weight excluding hydrogens is 595 g/mol. The van der Waals surface area contributed by atoms with Gasteiger partial charge in [0, 0.05) is 25.2 Å². The first-order valence-corrected chi connectivity index (χ1v) is 18.6. The fourth-order valence-electron chi connectivity index (χ4n) is 5.29. The van der Waals surface area contributed by atoms with Crippen molar-refractivity contribution in [2.24, 2.45) is 5.92 Å². The van der Waals surface area contributed by atoms with Crippen molar-refractivity contribution in [3.05, 3.63) is 119 Å². The van der Waals surface area contributed by atoms with Gasteiger partial charge in [-0.2, -0.15) is 5.26 Å². The van der Waals surface area contributed by atoms with Gasteiger partial charge in [0.2, 0.25) is 0 Å². The van der Waals surface area contributed by atoms with Gasteiger partial charge >= 0.3 is 0 Å². The number of hydrogen-bond donors (Lipinski definition) is 1. The van der Waals surface area contributed by atoms with Gasteiger partial charge in [-0.25, -0.2) is 0 Å². The molecule has 1 atom stereocenters. The minimum absolute atomic E-state index is 0.691. The average molecular weight is 666 g/mol. The monoisotopic (exact) mass is 666 g/mol. The molecule has 0 saturated carbocycles. The zero-order valence-corrected chi connectivity index (χ0v) is 32.8. The Labute approximate surface area is 304 Å². The van der Waals surface area contributed by atoms with Gasteiger partial charge in [-0.15, -0.1) is 6.42 Å². The molecule has 2 aromatic rings. The van der Waals surface area contributed by atoms with Gasteiger partial charge in [-0.1, -0.05) is 149 Å². The molecule has 2 aromatic carbocycles. The summed E-state index contributed by atoms with van der Waals surface area (Å²) in [6.07, 6.45) is 20.0. The number of aryl methyl sites for hydroxylation is 2. The van der Waals surface area contributed by atoms with Crippen LogP contribution in [0.4, 0.5) is 0 Å². The van der Waals surface area contributed by atoms with Gasteiger partial charge in [0.15, 0.2) is 0 Å².